The second-order valence-corrected chi connectivity index (χ2v) is 13.6. The molecule has 0 aromatic heterocycles. The summed E-state index contributed by atoms with van der Waals surface area (Å²) in [5, 5.41) is 44.7. The smallest absolute Gasteiger partial charge is 0.303 e. The molecule has 44 heavy (non-hydrogen) atoms. The van der Waals surface area contributed by atoms with Crippen LogP contribution in [0.4, 0.5) is 0 Å². The van der Waals surface area contributed by atoms with Crippen LogP contribution in [0.2, 0.25) is 0 Å². The molecule has 0 saturated carbocycles. The monoisotopic (exact) mass is 610 g/mol. The van der Waals surface area contributed by atoms with Crippen LogP contribution in [-0.2, 0) is 16.0 Å². The topological polar surface area (TPSA) is 107 Å². The van der Waals surface area contributed by atoms with E-state index in [9.17, 15) is 25.2 Å². The van der Waals surface area contributed by atoms with E-state index in [4.69, 9.17) is 4.74 Å². The Hall–Kier alpha value is -2.89. The van der Waals surface area contributed by atoms with Gasteiger partial charge in [-0.2, -0.15) is 0 Å². The molecule has 0 amide bonds. The van der Waals surface area contributed by atoms with Gasteiger partial charge in [0, 0.05) is 23.6 Å². The van der Waals surface area contributed by atoms with Crippen molar-refractivity contribution in [3.63, 3.8) is 0 Å². The minimum Gasteiger partial charge on any atom is -0.508 e. The molecule has 0 unspecified atom stereocenters. The molecule has 0 fully saturated rings. The summed E-state index contributed by atoms with van der Waals surface area (Å²) in [6.07, 6.45) is 13.4. The van der Waals surface area contributed by atoms with Gasteiger partial charge in [0.15, 0.2) is 0 Å². The van der Waals surface area contributed by atoms with Gasteiger partial charge in [-0.15, -0.1) is 0 Å². The van der Waals surface area contributed by atoms with Crippen molar-refractivity contribution in [1.29, 1.82) is 0 Å². The highest BCUT2D eigenvalue weighted by Gasteiger charge is 2.28. The largest absolute Gasteiger partial charge is 0.508 e. The lowest BCUT2D eigenvalue weighted by molar-refractivity contribution is -0.149. The number of esters is 1. The molecule has 4 aliphatic carbocycles. The first-order chi connectivity index (χ1) is 21.0. The number of rotatable bonds is 7. The first-order valence-electron chi connectivity index (χ1n) is 17.3. The number of carbonyl (C=O) groups excluding carboxylic acids is 1. The molecule has 4 N–H and O–H groups in total. The first-order valence-corrected chi connectivity index (χ1v) is 17.3. The number of hydrogen-bond acceptors (Lipinski definition) is 6. The third-order valence-corrected chi connectivity index (χ3v) is 9.67. The summed E-state index contributed by atoms with van der Waals surface area (Å²) >= 11 is 0. The van der Waals surface area contributed by atoms with Crippen molar-refractivity contribution in [3.8, 4) is 23.0 Å². The summed E-state index contributed by atoms with van der Waals surface area (Å²) in [7, 11) is 0. The van der Waals surface area contributed by atoms with E-state index in [1.807, 2.05) is 19.1 Å². The van der Waals surface area contributed by atoms with Crippen LogP contribution < -0.4 is 0 Å². The molecule has 246 valence electrons. The molecule has 2 aromatic carbocycles. The molecule has 6 nitrogen and oxygen atoms in total. The first kappa shape index (κ1) is 35.6. The Morgan fingerprint density at radius 3 is 1.66 bits per heavy atom. The van der Waals surface area contributed by atoms with Crippen molar-refractivity contribution < 1.29 is 30.0 Å². The molecule has 0 radical (unpaired) electrons. The number of unbranched alkanes of at least 4 members (excludes halogenated alkanes) is 2. The van der Waals surface area contributed by atoms with Crippen molar-refractivity contribution in [1.82, 2.24) is 0 Å². The highest BCUT2D eigenvalue weighted by atomic mass is 16.5. The van der Waals surface area contributed by atoms with Gasteiger partial charge in [0.1, 0.15) is 29.1 Å². The quantitative estimate of drug-likeness (QED) is 0.232. The SMILES string of the molecule is CCCC[C@H]1CCCC[C@H](C)Cc2cc(O)c(c(O)c2)[C@@H](CCCC)CCCC[C@H](C)[C@@H](OC(C)=O)c2cc(O)c1c(O)c2. The van der Waals surface area contributed by atoms with Gasteiger partial charge < -0.3 is 25.2 Å². The predicted molar refractivity (Wildman–Crippen MR) is 178 cm³/mol. The molecule has 4 aliphatic rings. The highest BCUT2D eigenvalue weighted by molar-refractivity contribution is 5.66. The molecule has 2 aromatic rings. The molecule has 5 atom stereocenters. The van der Waals surface area contributed by atoms with E-state index in [1.165, 1.54) is 6.92 Å². The normalized spacial score (nSPS) is 24.0. The van der Waals surface area contributed by atoms with E-state index >= 15 is 0 Å². The highest BCUT2D eigenvalue weighted by Crippen LogP contribution is 2.45. The van der Waals surface area contributed by atoms with Gasteiger partial charge in [0.05, 0.1) is 0 Å². The number of carbonyl (C=O) groups is 1. The number of phenolic OH excluding ortho intramolecular Hbond substituents is 4. The maximum Gasteiger partial charge on any atom is 0.303 e. The van der Waals surface area contributed by atoms with Gasteiger partial charge in [0.25, 0.3) is 0 Å². The zero-order valence-electron chi connectivity index (χ0n) is 27.9. The van der Waals surface area contributed by atoms with Gasteiger partial charge in [-0.1, -0.05) is 85.5 Å². The summed E-state index contributed by atoms with van der Waals surface area (Å²) < 4.78 is 5.79. The van der Waals surface area contributed by atoms with Crippen LogP contribution >= 0.6 is 0 Å². The lowest BCUT2D eigenvalue weighted by atomic mass is 9.83. The third-order valence-electron chi connectivity index (χ3n) is 9.67. The summed E-state index contributed by atoms with van der Waals surface area (Å²) in [4.78, 5) is 12.1. The van der Waals surface area contributed by atoms with Gasteiger partial charge in [-0.05, 0) is 92.0 Å². The molecule has 0 spiro atoms. The number of ether oxygens (including phenoxy) is 1. The molecular formula is C38H58O6. The average Bonchev–Trinajstić information content (AvgIpc) is 2.95. The van der Waals surface area contributed by atoms with E-state index in [2.05, 4.69) is 20.8 Å². The van der Waals surface area contributed by atoms with Crippen molar-refractivity contribution in [3.05, 3.63) is 46.5 Å². The Morgan fingerprint density at radius 2 is 1.18 bits per heavy atom. The third kappa shape index (κ3) is 10.1. The zero-order valence-corrected chi connectivity index (χ0v) is 27.9. The van der Waals surface area contributed by atoms with Crippen LogP contribution in [0.25, 0.3) is 0 Å². The minimum atomic E-state index is -0.580. The summed E-state index contributed by atoms with van der Waals surface area (Å²) in [6, 6.07) is 7.11. The molecule has 0 saturated heterocycles. The van der Waals surface area contributed by atoms with Crippen LogP contribution in [-0.4, -0.2) is 26.4 Å². The van der Waals surface area contributed by atoms with Crippen molar-refractivity contribution in [2.24, 2.45) is 11.8 Å². The Labute approximate surface area is 265 Å². The lowest BCUT2D eigenvalue weighted by Gasteiger charge is -2.27. The molecular weight excluding hydrogens is 552 g/mol. The van der Waals surface area contributed by atoms with E-state index in [0.717, 1.165) is 102 Å². The second-order valence-electron chi connectivity index (χ2n) is 13.6. The number of benzene rings is 2. The predicted octanol–water partition coefficient (Wildman–Crippen LogP) is 10.3. The standard InChI is InChI=1S/C38H58O6/c1-6-8-16-29-19-13-11-15-26(4)38(44-27(5)39)31-23-34(42)37(35(43)24-31)30(17-9-7-2)18-12-10-14-25(3)20-28-21-32(40)36(29)33(41)22-28/h21-26,29-30,38,40-43H,6-20H2,1-5H3/t25-,26-,29-,30-,38+/m0/s1. The molecule has 0 aliphatic heterocycles. The van der Waals surface area contributed by atoms with Crippen LogP contribution in [0, 0.1) is 11.8 Å². The van der Waals surface area contributed by atoms with E-state index in [-0.39, 0.29) is 40.8 Å². The molecule has 6 rings (SSSR count). The van der Waals surface area contributed by atoms with Crippen LogP contribution in [0.1, 0.15) is 165 Å². The lowest BCUT2D eigenvalue weighted by Crippen LogP contribution is -2.17. The molecule has 6 heteroatoms. The summed E-state index contributed by atoms with van der Waals surface area (Å²) in [6.45, 7) is 9.97. The summed E-state index contributed by atoms with van der Waals surface area (Å²) in [5.41, 5.74) is 2.86. The molecule has 4 bridgehead atoms. The number of aromatic hydroxyl groups is 4. The van der Waals surface area contributed by atoms with Crippen molar-refractivity contribution in [2.45, 2.75) is 149 Å². The Bertz CT molecular complexity index is 1140. The number of phenols is 4. The van der Waals surface area contributed by atoms with Crippen molar-refractivity contribution in [2.75, 3.05) is 0 Å². The Balaban J connectivity index is 1.95. The van der Waals surface area contributed by atoms with Gasteiger partial charge >= 0.3 is 5.97 Å². The maximum atomic E-state index is 12.1. The van der Waals surface area contributed by atoms with E-state index < -0.39 is 12.1 Å². The van der Waals surface area contributed by atoms with E-state index in [0.29, 0.717) is 22.6 Å². The fraction of sp³-hybridized carbons (Fsp3) is 0.658. The van der Waals surface area contributed by atoms with Crippen molar-refractivity contribution >= 4 is 5.97 Å². The Kier molecular flexibility index (Phi) is 14.2. The fourth-order valence-corrected chi connectivity index (χ4v) is 7.30. The average molecular weight is 611 g/mol. The van der Waals surface area contributed by atoms with Crippen LogP contribution in [0.15, 0.2) is 24.3 Å². The zero-order chi connectivity index (χ0) is 32.2. The van der Waals surface area contributed by atoms with Gasteiger partial charge in [-0.25, -0.2) is 0 Å². The number of hydrogen-bond donors (Lipinski definition) is 4. The van der Waals surface area contributed by atoms with Gasteiger partial charge in [-0.3, -0.25) is 4.79 Å². The minimum absolute atomic E-state index is 0.0329. The van der Waals surface area contributed by atoms with Gasteiger partial charge in [0.2, 0.25) is 0 Å². The Morgan fingerprint density at radius 1 is 0.727 bits per heavy atom. The van der Waals surface area contributed by atoms with Crippen LogP contribution in [0.3, 0.4) is 0 Å². The second kappa shape index (κ2) is 17.6. The maximum absolute atomic E-state index is 12.1. The molecule has 0 heterocycles. The fourth-order valence-electron chi connectivity index (χ4n) is 7.30. The van der Waals surface area contributed by atoms with E-state index in [1.54, 1.807) is 12.1 Å². The summed E-state index contributed by atoms with van der Waals surface area (Å²) in [5.74, 6) is 0.670. The van der Waals surface area contributed by atoms with Crippen LogP contribution in [0.5, 0.6) is 23.0 Å².